The minimum absolute atomic E-state index is 0.0607. The quantitative estimate of drug-likeness (QED) is 0.454. The Morgan fingerprint density at radius 1 is 1.00 bits per heavy atom. The van der Waals surface area contributed by atoms with Crippen LogP contribution in [0.4, 0.5) is 5.69 Å². The van der Waals surface area contributed by atoms with Crippen molar-refractivity contribution in [3.8, 4) is 0 Å². The van der Waals surface area contributed by atoms with Gasteiger partial charge in [-0.25, -0.2) is 0 Å². The molecule has 2 N–H and O–H groups in total. The van der Waals surface area contributed by atoms with Crippen LogP contribution in [-0.4, -0.2) is 33.6 Å². The van der Waals surface area contributed by atoms with E-state index in [1.165, 1.54) is 0 Å². The van der Waals surface area contributed by atoms with Gasteiger partial charge in [-0.2, -0.15) is 0 Å². The third kappa shape index (κ3) is 4.25. The molecule has 0 spiro atoms. The molecule has 4 rings (SSSR count). The highest BCUT2D eigenvalue weighted by molar-refractivity contribution is 6.13. The molecule has 31 heavy (non-hydrogen) atoms. The number of hydrogen-bond donors (Lipinski definition) is 2. The average Bonchev–Trinajstić information content (AvgIpc) is 2.79. The van der Waals surface area contributed by atoms with Gasteiger partial charge in [0.25, 0.3) is 0 Å². The molecule has 0 fully saturated rings. The molecule has 0 saturated carbocycles. The first kappa shape index (κ1) is 20.5. The normalized spacial score (nSPS) is 10.9. The lowest BCUT2D eigenvalue weighted by Crippen LogP contribution is -2.21. The zero-order valence-corrected chi connectivity index (χ0v) is 17.2. The lowest BCUT2D eigenvalue weighted by Gasteiger charge is -2.15. The van der Waals surface area contributed by atoms with Crippen LogP contribution in [0.15, 0.2) is 77.7 Å². The summed E-state index contributed by atoms with van der Waals surface area (Å²) in [6.45, 7) is 2.62. The molecule has 0 bridgehead atoms. The van der Waals surface area contributed by atoms with E-state index >= 15 is 0 Å². The van der Waals surface area contributed by atoms with Crippen molar-refractivity contribution in [3.63, 3.8) is 0 Å². The number of rotatable bonds is 7. The van der Waals surface area contributed by atoms with Crippen molar-refractivity contribution < 1.29 is 9.90 Å². The van der Waals surface area contributed by atoms with Crippen LogP contribution in [0.5, 0.6) is 0 Å². The maximum atomic E-state index is 13.4. The summed E-state index contributed by atoms with van der Waals surface area (Å²) in [5, 5.41) is 12.7. The first-order chi connectivity index (χ1) is 15.1. The third-order valence-electron chi connectivity index (χ3n) is 5.11. The van der Waals surface area contributed by atoms with Crippen LogP contribution in [-0.2, 0) is 6.54 Å². The molecule has 156 valence electrons. The van der Waals surface area contributed by atoms with Gasteiger partial charge in [-0.15, -0.1) is 0 Å². The fraction of sp³-hybridized carbons (Fsp3) is 0.160. The van der Waals surface area contributed by atoms with Crippen molar-refractivity contribution >= 4 is 22.4 Å². The summed E-state index contributed by atoms with van der Waals surface area (Å²) in [4.78, 5) is 31.2. The van der Waals surface area contributed by atoms with Crippen LogP contribution in [0.1, 0.15) is 27.3 Å². The monoisotopic (exact) mass is 413 g/mol. The summed E-state index contributed by atoms with van der Waals surface area (Å²) < 4.78 is 1.90. The van der Waals surface area contributed by atoms with E-state index in [-0.39, 0.29) is 23.4 Å². The number of aryl methyl sites for hydroxylation is 1. The molecule has 2 heterocycles. The van der Waals surface area contributed by atoms with E-state index in [1.54, 1.807) is 42.6 Å². The Hall–Kier alpha value is -3.77. The van der Waals surface area contributed by atoms with E-state index in [1.807, 2.05) is 41.8 Å². The largest absolute Gasteiger partial charge is 0.395 e. The minimum atomic E-state index is -0.359. The minimum Gasteiger partial charge on any atom is -0.395 e. The predicted molar refractivity (Wildman–Crippen MR) is 122 cm³/mol. The number of pyridine rings is 2. The van der Waals surface area contributed by atoms with Crippen molar-refractivity contribution in [1.82, 2.24) is 9.55 Å². The summed E-state index contributed by atoms with van der Waals surface area (Å²) >= 11 is 0. The van der Waals surface area contributed by atoms with Gasteiger partial charge in [0.2, 0.25) is 11.2 Å². The number of aliphatic hydroxyl groups excluding tert-OH is 1. The fourth-order valence-corrected chi connectivity index (χ4v) is 3.67. The second-order valence-electron chi connectivity index (χ2n) is 7.31. The number of hydrogen-bond acceptors (Lipinski definition) is 5. The first-order valence-electron chi connectivity index (χ1n) is 10.1. The number of benzene rings is 2. The molecule has 2 aromatic heterocycles. The van der Waals surface area contributed by atoms with Gasteiger partial charge in [-0.1, -0.05) is 30.3 Å². The predicted octanol–water partition coefficient (Wildman–Crippen LogP) is 3.39. The van der Waals surface area contributed by atoms with Crippen LogP contribution < -0.4 is 10.7 Å². The van der Waals surface area contributed by atoms with Gasteiger partial charge >= 0.3 is 0 Å². The Bertz CT molecular complexity index is 1310. The van der Waals surface area contributed by atoms with Crippen LogP contribution in [0, 0.1) is 6.92 Å². The molecule has 0 saturated heterocycles. The topological polar surface area (TPSA) is 84.2 Å². The zero-order valence-electron chi connectivity index (χ0n) is 17.2. The lowest BCUT2D eigenvalue weighted by atomic mass is 10.0. The number of carbonyl (C=O) groups is 1. The van der Waals surface area contributed by atoms with Gasteiger partial charge < -0.3 is 15.0 Å². The smallest absolute Gasteiger partial charge is 0.200 e. The van der Waals surface area contributed by atoms with Crippen LogP contribution >= 0.6 is 0 Å². The highest BCUT2D eigenvalue weighted by atomic mass is 16.3. The number of carbonyl (C=O) groups excluding carboxylic acids is 1. The molecule has 0 aliphatic rings. The third-order valence-corrected chi connectivity index (χ3v) is 5.11. The highest BCUT2D eigenvalue weighted by Crippen LogP contribution is 2.20. The summed E-state index contributed by atoms with van der Waals surface area (Å²) in [5.74, 6) is -0.359. The van der Waals surface area contributed by atoms with E-state index in [2.05, 4.69) is 10.3 Å². The van der Waals surface area contributed by atoms with Crippen molar-refractivity contribution in [2.75, 3.05) is 18.5 Å². The molecule has 4 aromatic rings. The van der Waals surface area contributed by atoms with Gasteiger partial charge in [0.1, 0.15) is 0 Å². The molecule has 0 aliphatic heterocycles. The summed E-state index contributed by atoms with van der Waals surface area (Å²) in [7, 11) is 0. The van der Waals surface area contributed by atoms with Gasteiger partial charge in [0.05, 0.1) is 29.9 Å². The molecule has 0 unspecified atom stereocenters. The average molecular weight is 413 g/mol. The van der Waals surface area contributed by atoms with Crippen molar-refractivity contribution in [3.05, 3.63) is 106 Å². The van der Waals surface area contributed by atoms with Crippen molar-refractivity contribution in [1.29, 1.82) is 0 Å². The van der Waals surface area contributed by atoms with Gasteiger partial charge in [0, 0.05) is 35.1 Å². The molecular weight excluding hydrogens is 390 g/mol. The second-order valence-corrected chi connectivity index (χ2v) is 7.31. The fourth-order valence-electron chi connectivity index (χ4n) is 3.67. The van der Waals surface area contributed by atoms with E-state index < -0.39 is 0 Å². The number of aromatic nitrogens is 2. The number of aliphatic hydroxyl groups is 1. The van der Waals surface area contributed by atoms with E-state index in [0.29, 0.717) is 29.7 Å². The molecule has 0 aliphatic carbocycles. The van der Waals surface area contributed by atoms with Gasteiger partial charge in [0.15, 0.2) is 0 Å². The van der Waals surface area contributed by atoms with Crippen LogP contribution in [0.3, 0.4) is 0 Å². The Kier molecular flexibility index (Phi) is 5.91. The Morgan fingerprint density at radius 3 is 2.58 bits per heavy atom. The number of fused-ring (bicyclic) bond motifs is 1. The standard InChI is InChI=1S/C25H23N3O3/c1-17-7-6-8-18(27-17)15-28-16-21(25(31)20-10-3-5-12-23(20)28)24(30)19-9-2-4-11-22(19)26-13-14-29/h2-12,16,26,29H,13-15H2,1H3. The molecule has 0 amide bonds. The number of ketones is 1. The number of nitrogens with zero attached hydrogens (tertiary/aromatic N) is 2. The van der Waals surface area contributed by atoms with Crippen LogP contribution in [0.25, 0.3) is 10.9 Å². The number of nitrogens with one attached hydrogen (secondary N) is 1. The second kappa shape index (κ2) is 8.93. The van der Waals surface area contributed by atoms with Gasteiger partial charge in [-0.05, 0) is 43.3 Å². The molecule has 6 heteroatoms. The lowest BCUT2D eigenvalue weighted by molar-refractivity contribution is 0.103. The molecule has 2 aromatic carbocycles. The van der Waals surface area contributed by atoms with Gasteiger partial charge in [-0.3, -0.25) is 14.6 Å². The molecular formula is C25H23N3O3. The number of anilines is 1. The van der Waals surface area contributed by atoms with Crippen molar-refractivity contribution in [2.45, 2.75) is 13.5 Å². The maximum absolute atomic E-state index is 13.4. The van der Waals surface area contributed by atoms with Crippen LogP contribution in [0.2, 0.25) is 0 Å². The summed E-state index contributed by atoms with van der Waals surface area (Å²) in [6, 6.07) is 20.1. The molecule has 0 atom stereocenters. The zero-order chi connectivity index (χ0) is 21.8. The Balaban J connectivity index is 1.85. The first-order valence-corrected chi connectivity index (χ1v) is 10.1. The number of para-hydroxylation sites is 2. The highest BCUT2D eigenvalue weighted by Gasteiger charge is 2.19. The SMILES string of the molecule is Cc1cccc(Cn2cc(C(=O)c3ccccc3NCCO)c(=O)c3ccccc32)n1. The van der Waals surface area contributed by atoms with E-state index in [9.17, 15) is 9.59 Å². The summed E-state index contributed by atoms with van der Waals surface area (Å²) in [5.41, 5.74) is 3.28. The Morgan fingerprint density at radius 2 is 1.77 bits per heavy atom. The molecule has 0 radical (unpaired) electrons. The maximum Gasteiger partial charge on any atom is 0.200 e. The summed E-state index contributed by atoms with van der Waals surface area (Å²) in [6.07, 6.45) is 1.62. The van der Waals surface area contributed by atoms with Crippen molar-refractivity contribution in [2.24, 2.45) is 0 Å². The Labute approximate surface area is 179 Å². The van der Waals surface area contributed by atoms with E-state index in [0.717, 1.165) is 16.9 Å². The van der Waals surface area contributed by atoms with E-state index in [4.69, 9.17) is 5.11 Å². The molecule has 6 nitrogen and oxygen atoms in total.